The molecule has 1 N–H and O–H groups in total. The van der Waals surface area contributed by atoms with Gasteiger partial charge in [-0.25, -0.2) is 0 Å². The third-order valence-corrected chi connectivity index (χ3v) is 1.79. The van der Waals surface area contributed by atoms with Crippen molar-refractivity contribution < 1.29 is 4.79 Å². The molecule has 0 aromatic carbocycles. The molecule has 2 heterocycles. The van der Waals surface area contributed by atoms with Gasteiger partial charge in [0.25, 0.3) is 0 Å². The van der Waals surface area contributed by atoms with Gasteiger partial charge in [0.15, 0.2) is 0 Å². The van der Waals surface area contributed by atoms with Crippen molar-refractivity contribution in [3.8, 4) is 0 Å². The third-order valence-electron chi connectivity index (χ3n) is 1.79. The van der Waals surface area contributed by atoms with Gasteiger partial charge in [0.05, 0.1) is 6.42 Å². The quantitative estimate of drug-likeness (QED) is 0.509. The minimum Gasteiger partial charge on any atom is -0.332 e. The molecule has 1 amide bonds. The van der Waals surface area contributed by atoms with E-state index in [9.17, 15) is 4.79 Å². The molecule has 2 rings (SSSR count). The Hall–Kier alpha value is -1.12. The second-order valence-corrected chi connectivity index (χ2v) is 2.49. The van der Waals surface area contributed by atoms with Crippen molar-refractivity contribution >= 4 is 11.6 Å². The van der Waals surface area contributed by atoms with Crippen molar-refractivity contribution in [3.05, 3.63) is 11.8 Å². The fraction of sp³-hybridized carbons (Fsp3) is 0.429. The zero-order valence-corrected chi connectivity index (χ0v) is 5.55. The summed E-state index contributed by atoms with van der Waals surface area (Å²) in [6, 6.07) is 0. The molecule has 0 unspecified atom stereocenters. The van der Waals surface area contributed by atoms with Gasteiger partial charge in [0.1, 0.15) is 0 Å². The Morgan fingerprint density at radius 2 is 2.50 bits per heavy atom. The summed E-state index contributed by atoms with van der Waals surface area (Å²) >= 11 is 0. The largest absolute Gasteiger partial charge is 0.332 e. The summed E-state index contributed by atoms with van der Waals surface area (Å²) in [5, 5.41) is 2.67. The summed E-state index contributed by atoms with van der Waals surface area (Å²) in [6.07, 6.45) is 3.25. The van der Waals surface area contributed by atoms with Gasteiger partial charge in [-0.3, -0.25) is 9.79 Å². The molecule has 0 saturated carbocycles. The normalized spacial score (nSPS) is 23.0. The number of hydrogen-bond acceptors (Lipinski definition) is 2. The maximum atomic E-state index is 10.8. The van der Waals surface area contributed by atoms with Crippen LogP contribution in [0.2, 0.25) is 0 Å². The van der Waals surface area contributed by atoms with Gasteiger partial charge in [-0.15, -0.1) is 0 Å². The summed E-state index contributed by atoms with van der Waals surface area (Å²) in [4.78, 5) is 15.0. The standard InChI is InChI=1S/C7H8N2O/c10-7-3-6-5(4-9-7)1-2-8-6/h4H,1-3H2,(H,9,10). The van der Waals surface area contributed by atoms with Gasteiger partial charge in [-0.1, -0.05) is 0 Å². The Morgan fingerprint density at radius 1 is 1.60 bits per heavy atom. The first-order chi connectivity index (χ1) is 4.86. The van der Waals surface area contributed by atoms with Gasteiger partial charge in [0, 0.05) is 18.5 Å². The summed E-state index contributed by atoms with van der Waals surface area (Å²) in [7, 11) is 0. The number of rotatable bonds is 0. The molecule has 3 nitrogen and oxygen atoms in total. The van der Waals surface area contributed by atoms with Crippen molar-refractivity contribution in [2.75, 3.05) is 6.54 Å². The Balaban J connectivity index is 2.33. The fourth-order valence-corrected chi connectivity index (χ4v) is 1.25. The maximum absolute atomic E-state index is 10.8. The van der Waals surface area contributed by atoms with E-state index in [-0.39, 0.29) is 5.91 Å². The average molecular weight is 136 g/mol. The van der Waals surface area contributed by atoms with Crippen LogP contribution in [0.5, 0.6) is 0 Å². The molecule has 0 aromatic heterocycles. The van der Waals surface area contributed by atoms with E-state index in [2.05, 4.69) is 10.3 Å². The molecule has 0 aromatic rings. The number of nitrogens with one attached hydrogen (secondary N) is 1. The topological polar surface area (TPSA) is 41.5 Å². The van der Waals surface area contributed by atoms with Crippen LogP contribution >= 0.6 is 0 Å². The number of aliphatic imine (C=N–C) groups is 1. The average Bonchev–Trinajstić information content (AvgIpc) is 2.33. The molecule has 3 heteroatoms. The molecule has 0 spiro atoms. The molecule has 0 aliphatic carbocycles. The van der Waals surface area contributed by atoms with Gasteiger partial charge in [0.2, 0.25) is 5.91 Å². The van der Waals surface area contributed by atoms with Crippen LogP contribution in [0.4, 0.5) is 0 Å². The van der Waals surface area contributed by atoms with Gasteiger partial charge in [-0.05, 0) is 12.0 Å². The highest BCUT2D eigenvalue weighted by Crippen LogP contribution is 2.16. The van der Waals surface area contributed by atoms with Crippen molar-refractivity contribution in [1.82, 2.24) is 5.32 Å². The summed E-state index contributed by atoms with van der Waals surface area (Å²) in [5.41, 5.74) is 2.20. The van der Waals surface area contributed by atoms with Crippen LogP contribution in [0, 0.1) is 0 Å². The lowest BCUT2D eigenvalue weighted by molar-refractivity contribution is -0.119. The van der Waals surface area contributed by atoms with E-state index in [0.29, 0.717) is 6.42 Å². The van der Waals surface area contributed by atoms with Crippen molar-refractivity contribution in [1.29, 1.82) is 0 Å². The first-order valence-corrected chi connectivity index (χ1v) is 3.38. The molecular weight excluding hydrogens is 128 g/mol. The number of carbonyl (C=O) groups excluding carboxylic acids is 1. The maximum Gasteiger partial charge on any atom is 0.229 e. The zero-order valence-electron chi connectivity index (χ0n) is 5.55. The summed E-state index contributed by atoms with van der Waals surface area (Å²) in [6.45, 7) is 0.857. The molecular formula is C7H8N2O. The Kier molecular flexibility index (Phi) is 1.09. The molecule has 52 valence electrons. The molecule has 10 heavy (non-hydrogen) atoms. The number of hydrogen-bond donors (Lipinski definition) is 1. The van der Waals surface area contributed by atoms with Crippen LogP contribution in [-0.4, -0.2) is 18.2 Å². The molecule has 0 bridgehead atoms. The highest BCUT2D eigenvalue weighted by molar-refractivity contribution is 6.13. The smallest absolute Gasteiger partial charge is 0.229 e. The second-order valence-electron chi connectivity index (χ2n) is 2.49. The Labute approximate surface area is 58.8 Å². The van der Waals surface area contributed by atoms with E-state index in [1.54, 1.807) is 6.20 Å². The number of amides is 1. The lowest BCUT2D eigenvalue weighted by atomic mass is 10.1. The molecule has 0 atom stereocenters. The van der Waals surface area contributed by atoms with E-state index in [4.69, 9.17) is 0 Å². The fourth-order valence-electron chi connectivity index (χ4n) is 1.25. The van der Waals surface area contributed by atoms with Crippen LogP contribution in [-0.2, 0) is 4.79 Å². The second kappa shape index (κ2) is 1.94. The number of nitrogens with zero attached hydrogens (tertiary/aromatic N) is 1. The van der Waals surface area contributed by atoms with Gasteiger partial charge < -0.3 is 5.32 Å². The molecule has 0 saturated heterocycles. The van der Waals surface area contributed by atoms with Gasteiger partial charge in [-0.2, -0.15) is 0 Å². The number of carbonyl (C=O) groups is 1. The SMILES string of the molecule is O=C1CC2=NCCC2=CN1. The van der Waals surface area contributed by atoms with Crippen molar-refractivity contribution in [2.45, 2.75) is 12.8 Å². The molecule has 0 radical (unpaired) electrons. The zero-order chi connectivity index (χ0) is 6.97. The Morgan fingerprint density at radius 3 is 3.40 bits per heavy atom. The minimum atomic E-state index is 0.0596. The van der Waals surface area contributed by atoms with E-state index in [1.165, 1.54) is 5.57 Å². The molecule has 0 fully saturated rings. The highest BCUT2D eigenvalue weighted by atomic mass is 16.1. The first kappa shape index (κ1) is 5.65. The van der Waals surface area contributed by atoms with Crippen LogP contribution in [0.3, 0.4) is 0 Å². The highest BCUT2D eigenvalue weighted by Gasteiger charge is 2.19. The van der Waals surface area contributed by atoms with Crippen LogP contribution in [0.1, 0.15) is 12.8 Å². The van der Waals surface area contributed by atoms with Crippen LogP contribution in [0.25, 0.3) is 0 Å². The third kappa shape index (κ3) is 0.744. The van der Waals surface area contributed by atoms with E-state index >= 15 is 0 Å². The number of fused-ring (bicyclic) bond motifs is 1. The summed E-state index contributed by atoms with van der Waals surface area (Å²) < 4.78 is 0. The lowest BCUT2D eigenvalue weighted by Crippen LogP contribution is -2.26. The van der Waals surface area contributed by atoms with Crippen molar-refractivity contribution in [2.24, 2.45) is 4.99 Å². The van der Waals surface area contributed by atoms with Crippen molar-refractivity contribution in [3.63, 3.8) is 0 Å². The van der Waals surface area contributed by atoms with E-state index in [0.717, 1.165) is 18.7 Å². The summed E-state index contributed by atoms with van der Waals surface area (Å²) in [5.74, 6) is 0.0596. The molecule has 2 aliphatic heterocycles. The minimum absolute atomic E-state index is 0.0596. The monoisotopic (exact) mass is 136 g/mol. The predicted octanol–water partition coefficient (Wildman–Crippen LogP) is 0.235. The lowest BCUT2D eigenvalue weighted by Gasteiger charge is -2.09. The van der Waals surface area contributed by atoms with E-state index < -0.39 is 0 Å². The van der Waals surface area contributed by atoms with Gasteiger partial charge >= 0.3 is 0 Å². The van der Waals surface area contributed by atoms with Crippen LogP contribution < -0.4 is 5.32 Å². The molecule has 2 aliphatic rings. The Bertz CT molecular complexity index is 240. The van der Waals surface area contributed by atoms with Crippen LogP contribution in [0.15, 0.2) is 16.8 Å². The predicted molar refractivity (Wildman–Crippen MR) is 37.8 cm³/mol. The van der Waals surface area contributed by atoms with E-state index in [1.807, 2.05) is 0 Å². The first-order valence-electron chi connectivity index (χ1n) is 3.38.